The summed E-state index contributed by atoms with van der Waals surface area (Å²) in [6, 6.07) is 11.3. The average Bonchev–Trinajstić information content (AvgIpc) is 3.54. The summed E-state index contributed by atoms with van der Waals surface area (Å²) in [6.45, 7) is 7.46. The van der Waals surface area contributed by atoms with Gasteiger partial charge in [0.25, 0.3) is 5.91 Å². The van der Waals surface area contributed by atoms with Crippen molar-refractivity contribution in [2.45, 2.75) is 77.4 Å². The maximum absolute atomic E-state index is 15.6. The molecule has 2 amide bonds. The van der Waals surface area contributed by atoms with Gasteiger partial charge in [0.1, 0.15) is 17.1 Å². The third-order valence-electron chi connectivity index (χ3n) is 7.35. The van der Waals surface area contributed by atoms with Gasteiger partial charge in [-0.2, -0.15) is 10.2 Å². The third kappa shape index (κ3) is 8.13. The van der Waals surface area contributed by atoms with Crippen LogP contribution in [0.3, 0.4) is 0 Å². The van der Waals surface area contributed by atoms with Gasteiger partial charge in [0.05, 0.1) is 60.3 Å². The van der Waals surface area contributed by atoms with Crippen LogP contribution in [-0.4, -0.2) is 60.8 Å². The van der Waals surface area contributed by atoms with E-state index in [4.69, 9.17) is 15.2 Å². The van der Waals surface area contributed by atoms with Gasteiger partial charge in [-0.3, -0.25) is 9.78 Å². The number of primary amides is 1. The van der Waals surface area contributed by atoms with E-state index >= 15 is 4.39 Å². The molecule has 14 heteroatoms. The minimum Gasteiger partial charge on any atom is -0.444 e. The lowest BCUT2D eigenvalue weighted by Crippen LogP contribution is -2.56. The van der Waals surface area contributed by atoms with E-state index < -0.39 is 41.6 Å². The molecule has 3 aromatic heterocycles. The highest BCUT2D eigenvalue weighted by Crippen LogP contribution is 2.30. The molecule has 1 aromatic carbocycles. The van der Waals surface area contributed by atoms with Crippen LogP contribution in [0.25, 0.3) is 5.69 Å². The largest absolute Gasteiger partial charge is 0.444 e. The summed E-state index contributed by atoms with van der Waals surface area (Å²) >= 11 is 0. The Bertz CT molecular complexity index is 1660. The minimum atomic E-state index is -0.874. The number of anilines is 3. The van der Waals surface area contributed by atoms with Crippen LogP contribution in [0.1, 0.15) is 61.6 Å². The van der Waals surface area contributed by atoms with Crippen LogP contribution in [0.15, 0.2) is 61.1 Å². The molecule has 5 rings (SSSR count). The van der Waals surface area contributed by atoms with Crippen LogP contribution in [0, 0.1) is 12.7 Å². The third-order valence-corrected chi connectivity index (χ3v) is 7.35. The van der Waals surface area contributed by atoms with Crippen LogP contribution in [0.5, 0.6) is 0 Å². The quantitative estimate of drug-likeness (QED) is 0.191. The number of hydrogen-bond donors (Lipinski definition) is 4. The van der Waals surface area contributed by atoms with Gasteiger partial charge in [0, 0.05) is 0 Å². The lowest BCUT2D eigenvalue weighted by Gasteiger charge is -2.39. The Hall–Kier alpha value is -5.11. The molecule has 0 saturated heterocycles. The summed E-state index contributed by atoms with van der Waals surface area (Å²) in [7, 11) is 0. The molecule has 1 aliphatic carbocycles. The first kappa shape index (κ1) is 32.3. The van der Waals surface area contributed by atoms with Crippen molar-refractivity contribution >= 4 is 29.3 Å². The van der Waals surface area contributed by atoms with Crippen molar-refractivity contribution in [3.8, 4) is 5.69 Å². The molecule has 1 saturated carbocycles. The second-order valence-electron chi connectivity index (χ2n) is 12.0. The van der Waals surface area contributed by atoms with Crippen LogP contribution < -0.4 is 21.7 Å². The highest BCUT2D eigenvalue weighted by atomic mass is 19.1. The Morgan fingerprint density at radius 3 is 2.52 bits per heavy atom. The number of benzene rings is 1. The van der Waals surface area contributed by atoms with Crippen molar-refractivity contribution in [1.82, 2.24) is 30.3 Å². The number of nitrogens with zero attached hydrogens (tertiary/aromatic N) is 5. The van der Waals surface area contributed by atoms with E-state index in [9.17, 15) is 9.59 Å². The summed E-state index contributed by atoms with van der Waals surface area (Å²) in [6.07, 6.45) is 5.61. The van der Waals surface area contributed by atoms with Crippen LogP contribution in [0.4, 0.5) is 26.5 Å². The zero-order valence-electron chi connectivity index (χ0n) is 26.2. The zero-order valence-corrected chi connectivity index (χ0v) is 26.2. The summed E-state index contributed by atoms with van der Waals surface area (Å²) in [5.41, 5.74) is 7.42. The standard InChI is InChI=1S/C32H38FN9O4/c1-19-25(42-36-13-14-37-42)15-21(17-35-19)38-29-22(28(34)43)16-23(33)30(41-29)40-27-24(39-31(44)46-32(2,3)4)11-8-12-26(27)45-18-20-9-6-5-7-10-20/h5-7,9-10,13-17,24,26-27H,8,11-12,18H2,1-4H3,(H2,34,43)(H,39,44)(H2,38,40,41). The maximum Gasteiger partial charge on any atom is 0.407 e. The fraction of sp³-hybridized carbons (Fsp3) is 0.375. The average molecular weight is 632 g/mol. The first-order chi connectivity index (χ1) is 22.0. The Kier molecular flexibility index (Phi) is 9.75. The maximum atomic E-state index is 15.6. The molecular weight excluding hydrogens is 593 g/mol. The summed E-state index contributed by atoms with van der Waals surface area (Å²) < 4.78 is 27.5. The molecule has 3 heterocycles. The molecule has 3 atom stereocenters. The molecule has 46 heavy (non-hydrogen) atoms. The van der Waals surface area contributed by atoms with Gasteiger partial charge < -0.3 is 31.2 Å². The van der Waals surface area contributed by atoms with Gasteiger partial charge in [-0.05, 0) is 64.7 Å². The van der Waals surface area contributed by atoms with Crippen LogP contribution >= 0.6 is 0 Å². The number of amides is 2. The molecule has 0 radical (unpaired) electrons. The van der Waals surface area contributed by atoms with E-state index in [0.29, 0.717) is 36.5 Å². The number of ether oxygens (including phenoxy) is 2. The highest BCUT2D eigenvalue weighted by Gasteiger charge is 2.37. The normalized spacial score (nSPS) is 18.1. The van der Waals surface area contributed by atoms with E-state index in [1.807, 2.05) is 30.3 Å². The molecule has 1 fully saturated rings. The number of pyridine rings is 2. The fourth-order valence-corrected chi connectivity index (χ4v) is 5.24. The molecule has 0 bridgehead atoms. The number of rotatable bonds is 10. The number of halogens is 1. The molecule has 0 spiro atoms. The van der Waals surface area contributed by atoms with Crippen molar-refractivity contribution in [1.29, 1.82) is 0 Å². The van der Waals surface area contributed by atoms with E-state index in [0.717, 1.165) is 18.1 Å². The van der Waals surface area contributed by atoms with E-state index in [2.05, 4.69) is 36.1 Å². The SMILES string of the molecule is Cc1ncc(Nc2nc(NC3C(NC(=O)OC(C)(C)C)CCCC3OCc3ccccc3)c(F)cc2C(N)=O)cc1-n1nccn1. The van der Waals surface area contributed by atoms with Gasteiger partial charge >= 0.3 is 6.09 Å². The summed E-state index contributed by atoms with van der Waals surface area (Å²) in [4.78, 5) is 35.4. The number of carbonyl (C=O) groups excluding carboxylic acids is 2. The summed E-state index contributed by atoms with van der Waals surface area (Å²) in [5.74, 6) is -1.82. The van der Waals surface area contributed by atoms with Gasteiger partial charge in [-0.1, -0.05) is 30.3 Å². The molecule has 1 aliphatic rings. The lowest BCUT2D eigenvalue weighted by atomic mass is 9.87. The number of aromatic nitrogens is 5. The number of hydrogen-bond acceptors (Lipinski definition) is 10. The van der Waals surface area contributed by atoms with Crippen molar-refractivity contribution < 1.29 is 23.5 Å². The van der Waals surface area contributed by atoms with Gasteiger partial charge in [-0.25, -0.2) is 14.2 Å². The second-order valence-corrected chi connectivity index (χ2v) is 12.0. The number of nitrogens with one attached hydrogen (secondary N) is 3. The summed E-state index contributed by atoms with van der Waals surface area (Å²) in [5, 5.41) is 17.5. The fourth-order valence-electron chi connectivity index (χ4n) is 5.24. The zero-order chi connectivity index (χ0) is 32.8. The predicted molar refractivity (Wildman–Crippen MR) is 169 cm³/mol. The number of nitrogens with two attached hydrogens (primary N) is 1. The van der Waals surface area contributed by atoms with Crippen molar-refractivity contribution in [2.24, 2.45) is 5.73 Å². The monoisotopic (exact) mass is 631 g/mol. The second kappa shape index (κ2) is 13.9. The predicted octanol–water partition coefficient (Wildman–Crippen LogP) is 4.79. The number of carbonyl (C=O) groups is 2. The molecule has 5 N–H and O–H groups in total. The molecule has 242 valence electrons. The Balaban J connectivity index is 1.45. The lowest BCUT2D eigenvalue weighted by molar-refractivity contribution is -0.00338. The Morgan fingerprint density at radius 1 is 1.09 bits per heavy atom. The van der Waals surface area contributed by atoms with Gasteiger partial charge in [-0.15, -0.1) is 4.80 Å². The van der Waals surface area contributed by atoms with Gasteiger partial charge in [0.15, 0.2) is 11.6 Å². The van der Waals surface area contributed by atoms with E-state index in [-0.39, 0.29) is 17.2 Å². The number of aryl methyl sites for hydroxylation is 1. The highest BCUT2D eigenvalue weighted by molar-refractivity contribution is 5.98. The molecule has 13 nitrogen and oxygen atoms in total. The van der Waals surface area contributed by atoms with Crippen molar-refractivity contribution in [3.05, 3.63) is 83.7 Å². The molecular formula is C32H38FN9O4. The first-order valence-corrected chi connectivity index (χ1v) is 15.0. The van der Waals surface area contributed by atoms with Crippen LogP contribution in [-0.2, 0) is 16.1 Å². The minimum absolute atomic E-state index is 0.00985. The number of alkyl carbamates (subject to hydrolysis) is 1. The molecule has 4 aromatic rings. The molecule has 3 unspecified atom stereocenters. The van der Waals surface area contributed by atoms with Crippen molar-refractivity contribution in [2.75, 3.05) is 10.6 Å². The molecule has 0 aliphatic heterocycles. The van der Waals surface area contributed by atoms with E-state index in [1.165, 1.54) is 17.2 Å². The van der Waals surface area contributed by atoms with Gasteiger partial charge in [0.2, 0.25) is 0 Å². The van der Waals surface area contributed by atoms with Crippen molar-refractivity contribution in [3.63, 3.8) is 0 Å². The topological polar surface area (TPSA) is 171 Å². The Labute approximate surface area is 266 Å². The Morgan fingerprint density at radius 2 is 1.83 bits per heavy atom. The first-order valence-electron chi connectivity index (χ1n) is 15.0. The smallest absolute Gasteiger partial charge is 0.407 e. The van der Waals surface area contributed by atoms with Crippen LogP contribution in [0.2, 0.25) is 0 Å². The van der Waals surface area contributed by atoms with E-state index in [1.54, 1.807) is 40.0 Å².